The summed E-state index contributed by atoms with van der Waals surface area (Å²) in [4.78, 5) is 30.8. The molecule has 4 rings (SSSR count). The second-order valence-electron chi connectivity index (χ2n) is 7.43. The number of pyridine rings is 1. The van der Waals surface area contributed by atoms with Crippen LogP contribution in [0.4, 0.5) is 0 Å². The fourth-order valence-electron chi connectivity index (χ4n) is 3.73. The summed E-state index contributed by atoms with van der Waals surface area (Å²) >= 11 is 1.35. The van der Waals surface area contributed by atoms with Gasteiger partial charge >= 0.3 is 5.97 Å². The third-order valence-electron chi connectivity index (χ3n) is 5.31. The summed E-state index contributed by atoms with van der Waals surface area (Å²) in [5.74, 6) is 0.426. The van der Waals surface area contributed by atoms with E-state index in [1.807, 2.05) is 47.0 Å². The maximum atomic E-state index is 12.9. The molecule has 8 nitrogen and oxygen atoms in total. The van der Waals surface area contributed by atoms with Crippen molar-refractivity contribution in [1.29, 1.82) is 0 Å². The predicted molar refractivity (Wildman–Crippen MR) is 121 cm³/mol. The molecular formula is C23H25N5O3S. The van der Waals surface area contributed by atoms with E-state index in [0.29, 0.717) is 30.7 Å². The molecule has 1 fully saturated rings. The molecule has 0 radical (unpaired) electrons. The molecule has 32 heavy (non-hydrogen) atoms. The summed E-state index contributed by atoms with van der Waals surface area (Å²) in [6.07, 6.45) is 4.98. The van der Waals surface area contributed by atoms with Gasteiger partial charge in [-0.2, -0.15) is 0 Å². The number of amides is 1. The summed E-state index contributed by atoms with van der Waals surface area (Å²) in [6, 6.07) is 13.6. The SMILES string of the molecule is CCOC(=O)[C@@H]1CCCN(C(=O)CSc2nnc(-c3ccncc3)n2-c2ccccc2)C1. The normalized spacial score (nSPS) is 16.0. The molecule has 3 aromatic rings. The van der Waals surface area contributed by atoms with Crippen molar-refractivity contribution in [3.05, 3.63) is 54.9 Å². The molecular weight excluding hydrogens is 426 g/mol. The van der Waals surface area contributed by atoms with Gasteiger partial charge in [-0.1, -0.05) is 30.0 Å². The molecule has 166 valence electrons. The van der Waals surface area contributed by atoms with Gasteiger partial charge in [0.2, 0.25) is 5.91 Å². The highest BCUT2D eigenvalue weighted by molar-refractivity contribution is 7.99. The molecule has 1 aliphatic heterocycles. The zero-order valence-corrected chi connectivity index (χ0v) is 18.7. The van der Waals surface area contributed by atoms with Crippen LogP contribution >= 0.6 is 11.8 Å². The van der Waals surface area contributed by atoms with Gasteiger partial charge in [-0.15, -0.1) is 10.2 Å². The minimum absolute atomic E-state index is 0.0166. The van der Waals surface area contributed by atoms with Crippen molar-refractivity contribution in [3.8, 4) is 17.1 Å². The molecule has 0 aliphatic carbocycles. The first-order valence-electron chi connectivity index (χ1n) is 10.7. The summed E-state index contributed by atoms with van der Waals surface area (Å²) < 4.78 is 7.09. The van der Waals surface area contributed by atoms with E-state index in [9.17, 15) is 9.59 Å². The van der Waals surface area contributed by atoms with Crippen LogP contribution in [0.3, 0.4) is 0 Å². The number of aromatic nitrogens is 4. The van der Waals surface area contributed by atoms with Gasteiger partial charge in [0, 0.05) is 36.7 Å². The van der Waals surface area contributed by atoms with E-state index in [1.54, 1.807) is 24.2 Å². The van der Waals surface area contributed by atoms with E-state index in [2.05, 4.69) is 15.2 Å². The van der Waals surface area contributed by atoms with Crippen LogP contribution in [0.25, 0.3) is 17.1 Å². The Morgan fingerprint density at radius 3 is 2.66 bits per heavy atom. The second kappa shape index (κ2) is 10.4. The van der Waals surface area contributed by atoms with Crippen molar-refractivity contribution in [2.75, 3.05) is 25.4 Å². The fourth-order valence-corrected chi connectivity index (χ4v) is 4.59. The van der Waals surface area contributed by atoms with Crippen LogP contribution in [0.15, 0.2) is 60.0 Å². The lowest BCUT2D eigenvalue weighted by atomic mass is 9.98. The maximum Gasteiger partial charge on any atom is 0.310 e. The van der Waals surface area contributed by atoms with Crippen molar-refractivity contribution in [1.82, 2.24) is 24.6 Å². The highest BCUT2D eigenvalue weighted by Gasteiger charge is 2.29. The molecule has 1 aromatic carbocycles. The van der Waals surface area contributed by atoms with E-state index in [0.717, 1.165) is 24.1 Å². The molecule has 2 aromatic heterocycles. The number of rotatable bonds is 7. The number of hydrogen-bond donors (Lipinski definition) is 0. The van der Waals surface area contributed by atoms with Crippen LogP contribution in [0.1, 0.15) is 19.8 Å². The van der Waals surface area contributed by atoms with E-state index in [4.69, 9.17) is 4.74 Å². The van der Waals surface area contributed by atoms with Crippen molar-refractivity contribution in [2.45, 2.75) is 24.9 Å². The Balaban J connectivity index is 1.50. The molecule has 0 bridgehead atoms. The molecule has 1 atom stereocenters. The first-order valence-corrected chi connectivity index (χ1v) is 11.6. The number of thioether (sulfide) groups is 1. The standard InChI is InChI=1S/C23H25N5O3S/c1-2-31-22(30)18-7-6-14-27(15-18)20(29)16-32-23-26-25-21(17-10-12-24-13-11-17)28(23)19-8-4-3-5-9-19/h3-5,8-13,18H,2,6-7,14-16H2,1H3/t18-/m1/s1. The highest BCUT2D eigenvalue weighted by Crippen LogP contribution is 2.28. The number of piperidine rings is 1. The number of nitrogens with zero attached hydrogens (tertiary/aromatic N) is 5. The summed E-state index contributed by atoms with van der Waals surface area (Å²) in [5, 5.41) is 9.39. The van der Waals surface area contributed by atoms with E-state index >= 15 is 0 Å². The lowest BCUT2D eigenvalue weighted by molar-refractivity contribution is -0.151. The van der Waals surface area contributed by atoms with E-state index in [-0.39, 0.29) is 23.5 Å². The lowest BCUT2D eigenvalue weighted by Crippen LogP contribution is -2.43. The van der Waals surface area contributed by atoms with Crippen LogP contribution in [0.5, 0.6) is 0 Å². The number of carbonyl (C=O) groups is 2. The molecule has 0 saturated carbocycles. The molecule has 0 spiro atoms. The van der Waals surface area contributed by atoms with Crippen LogP contribution in [0.2, 0.25) is 0 Å². The number of likely N-dealkylation sites (tertiary alicyclic amines) is 1. The average Bonchev–Trinajstić information content (AvgIpc) is 3.28. The number of para-hydroxylation sites is 1. The lowest BCUT2D eigenvalue weighted by Gasteiger charge is -2.31. The van der Waals surface area contributed by atoms with E-state index in [1.165, 1.54) is 11.8 Å². The number of benzene rings is 1. The van der Waals surface area contributed by atoms with Crippen LogP contribution in [0, 0.1) is 5.92 Å². The largest absolute Gasteiger partial charge is 0.466 e. The molecule has 0 unspecified atom stereocenters. The Kier molecular flexibility index (Phi) is 7.16. The monoisotopic (exact) mass is 451 g/mol. The number of ether oxygens (including phenoxy) is 1. The Labute approximate surface area is 191 Å². The Morgan fingerprint density at radius 1 is 1.12 bits per heavy atom. The average molecular weight is 452 g/mol. The third-order valence-corrected chi connectivity index (χ3v) is 6.22. The van der Waals surface area contributed by atoms with Gasteiger partial charge in [0.15, 0.2) is 11.0 Å². The van der Waals surface area contributed by atoms with Crippen LogP contribution in [-0.2, 0) is 14.3 Å². The Morgan fingerprint density at radius 2 is 1.91 bits per heavy atom. The van der Waals surface area contributed by atoms with Gasteiger partial charge in [0.25, 0.3) is 0 Å². The van der Waals surface area contributed by atoms with Gasteiger partial charge in [-0.3, -0.25) is 19.1 Å². The van der Waals surface area contributed by atoms with Crippen molar-refractivity contribution in [2.24, 2.45) is 5.92 Å². The summed E-state index contributed by atoms with van der Waals surface area (Å²) in [6.45, 7) is 3.21. The second-order valence-corrected chi connectivity index (χ2v) is 8.38. The predicted octanol–water partition coefficient (Wildman–Crippen LogP) is 3.22. The van der Waals surface area contributed by atoms with Crippen molar-refractivity contribution < 1.29 is 14.3 Å². The third kappa shape index (κ3) is 4.99. The molecule has 1 amide bonds. The van der Waals surface area contributed by atoms with Crippen molar-refractivity contribution >= 4 is 23.6 Å². The Bertz CT molecular complexity index is 1060. The first kappa shape index (κ1) is 22.0. The molecule has 1 aliphatic rings. The molecule has 0 N–H and O–H groups in total. The topological polar surface area (TPSA) is 90.2 Å². The van der Waals surface area contributed by atoms with Gasteiger partial charge in [0.05, 0.1) is 18.3 Å². The van der Waals surface area contributed by atoms with Gasteiger partial charge < -0.3 is 9.64 Å². The molecule has 9 heteroatoms. The number of esters is 1. The molecule has 1 saturated heterocycles. The van der Waals surface area contributed by atoms with Gasteiger partial charge in [-0.05, 0) is 44.0 Å². The number of hydrogen-bond acceptors (Lipinski definition) is 7. The fraction of sp³-hybridized carbons (Fsp3) is 0.348. The number of carbonyl (C=O) groups excluding carboxylic acids is 2. The minimum atomic E-state index is -0.246. The minimum Gasteiger partial charge on any atom is -0.466 e. The van der Waals surface area contributed by atoms with E-state index < -0.39 is 0 Å². The zero-order valence-electron chi connectivity index (χ0n) is 17.9. The molecule has 3 heterocycles. The quantitative estimate of drug-likeness (QED) is 0.402. The summed E-state index contributed by atoms with van der Waals surface area (Å²) in [5.41, 5.74) is 1.81. The first-order chi connectivity index (χ1) is 15.7. The van der Waals surface area contributed by atoms with Gasteiger partial charge in [-0.25, -0.2) is 0 Å². The zero-order chi connectivity index (χ0) is 22.3. The van der Waals surface area contributed by atoms with Crippen LogP contribution < -0.4 is 0 Å². The smallest absolute Gasteiger partial charge is 0.310 e. The van der Waals surface area contributed by atoms with Gasteiger partial charge in [0.1, 0.15) is 0 Å². The highest BCUT2D eigenvalue weighted by atomic mass is 32.2. The van der Waals surface area contributed by atoms with Crippen LogP contribution in [-0.4, -0.2) is 62.0 Å². The van der Waals surface area contributed by atoms with Crippen molar-refractivity contribution in [3.63, 3.8) is 0 Å². The Hall–Kier alpha value is -3.20. The maximum absolute atomic E-state index is 12.9. The summed E-state index contributed by atoms with van der Waals surface area (Å²) in [7, 11) is 0.